The fourth-order valence-corrected chi connectivity index (χ4v) is 3.35. The lowest BCUT2D eigenvalue weighted by atomic mass is 9.72. The third-order valence-electron chi connectivity index (χ3n) is 4.70. The molecule has 174 valence electrons. The van der Waals surface area contributed by atoms with Crippen molar-refractivity contribution in [1.82, 2.24) is 10.7 Å². The predicted molar refractivity (Wildman–Crippen MR) is 99.2 cm³/mol. The number of alkyl carbamates (subject to hydrolysis) is 1. The van der Waals surface area contributed by atoms with E-state index in [4.69, 9.17) is 29.7 Å². The van der Waals surface area contributed by atoms with Gasteiger partial charge in [0.15, 0.2) is 0 Å². The van der Waals surface area contributed by atoms with E-state index in [1.54, 1.807) is 0 Å². The Labute approximate surface area is 174 Å². The number of hydrogen-bond donors (Lipinski definition) is 4. The van der Waals surface area contributed by atoms with E-state index in [-0.39, 0.29) is 32.6 Å². The molecule has 1 unspecified atom stereocenters. The van der Waals surface area contributed by atoms with Crippen LogP contribution in [0.5, 0.6) is 0 Å². The molecule has 30 heavy (non-hydrogen) atoms. The van der Waals surface area contributed by atoms with Crippen molar-refractivity contribution in [2.75, 3.05) is 19.8 Å². The molecule has 0 spiro atoms. The van der Waals surface area contributed by atoms with Crippen LogP contribution in [0.25, 0.3) is 0 Å². The zero-order chi connectivity index (χ0) is 22.6. The van der Waals surface area contributed by atoms with Crippen molar-refractivity contribution in [3.63, 3.8) is 0 Å². The van der Waals surface area contributed by atoms with Crippen molar-refractivity contribution in [3.8, 4) is 0 Å². The number of nitrogens with zero attached hydrogens (tertiary/aromatic N) is 1. The minimum Gasteiger partial charge on any atom is -0.481 e. The van der Waals surface area contributed by atoms with Crippen LogP contribution in [0, 0.1) is 5.41 Å². The zero-order valence-electron chi connectivity index (χ0n) is 17.4. The second kappa shape index (κ2) is 13.3. The van der Waals surface area contributed by atoms with Gasteiger partial charge in [0.05, 0.1) is 31.4 Å². The summed E-state index contributed by atoms with van der Waals surface area (Å²) in [4.78, 5) is 39.3. The lowest BCUT2D eigenvalue weighted by molar-refractivity contribution is -0.504. The highest BCUT2D eigenvalue weighted by Crippen LogP contribution is 2.38. The Morgan fingerprint density at radius 3 is 2.37 bits per heavy atom. The highest BCUT2D eigenvalue weighted by atomic mass is 17.1. The van der Waals surface area contributed by atoms with Crippen LogP contribution in [0.4, 0.5) is 4.79 Å². The SMILES string of the molecule is CC(OC(=O)CCOC[C@@H](C)ON(O)O)OC(=O)NCC1(CC(=O)O)CCCCC1. The van der Waals surface area contributed by atoms with Gasteiger partial charge in [-0.3, -0.25) is 20.0 Å². The number of nitrogens with one attached hydrogen (secondary N) is 1. The van der Waals surface area contributed by atoms with Gasteiger partial charge in [-0.05, 0) is 25.2 Å². The Morgan fingerprint density at radius 2 is 1.77 bits per heavy atom. The van der Waals surface area contributed by atoms with E-state index in [0.717, 1.165) is 32.1 Å². The van der Waals surface area contributed by atoms with E-state index < -0.39 is 41.2 Å². The highest BCUT2D eigenvalue weighted by Gasteiger charge is 2.35. The van der Waals surface area contributed by atoms with E-state index in [1.807, 2.05) is 0 Å². The number of rotatable bonds is 13. The van der Waals surface area contributed by atoms with Crippen molar-refractivity contribution in [1.29, 1.82) is 0 Å². The molecule has 1 fully saturated rings. The third-order valence-corrected chi connectivity index (χ3v) is 4.70. The van der Waals surface area contributed by atoms with Gasteiger partial charge in [0.1, 0.15) is 6.10 Å². The molecule has 1 aliphatic rings. The molecule has 0 aromatic rings. The summed E-state index contributed by atoms with van der Waals surface area (Å²) in [5, 5.41) is 28.2. The van der Waals surface area contributed by atoms with Crippen molar-refractivity contribution < 1.29 is 49.0 Å². The largest absolute Gasteiger partial charge is 0.481 e. The molecule has 0 aromatic carbocycles. The van der Waals surface area contributed by atoms with Gasteiger partial charge in [-0.15, -0.1) is 0 Å². The molecule has 0 heterocycles. The number of esters is 1. The van der Waals surface area contributed by atoms with Crippen LogP contribution in [-0.2, 0) is 28.6 Å². The Kier molecular flexibility index (Phi) is 11.6. The fraction of sp³-hybridized carbons (Fsp3) is 0.833. The molecular formula is C18H32N2O10. The summed E-state index contributed by atoms with van der Waals surface area (Å²) < 4.78 is 15.1. The maximum Gasteiger partial charge on any atom is 0.410 e. The van der Waals surface area contributed by atoms with Crippen molar-refractivity contribution in [2.45, 2.75) is 71.2 Å². The van der Waals surface area contributed by atoms with Crippen molar-refractivity contribution in [2.24, 2.45) is 5.41 Å². The van der Waals surface area contributed by atoms with Gasteiger partial charge in [0.2, 0.25) is 6.29 Å². The quantitative estimate of drug-likeness (QED) is 0.144. The monoisotopic (exact) mass is 436 g/mol. The van der Waals surface area contributed by atoms with Crippen molar-refractivity contribution in [3.05, 3.63) is 0 Å². The minimum absolute atomic E-state index is 0.0000151. The molecule has 1 aliphatic carbocycles. The van der Waals surface area contributed by atoms with Crippen LogP contribution < -0.4 is 5.32 Å². The number of aliphatic carboxylic acids is 1. The van der Waals surface area contributed by atoms with Crippen LogP contribution >= 0.6 is 0 Å². The summed E-state index contributed by atoms with van der Waals surface area (Å²) in [7, 11) is 0. The number of amides is 1. The summed E-state index contributed by atoms with van der Waals surface area (Å²) in [6.07, 6.45) is 1.66. The Bertz CT molecular complexity index is 551. The molecule has 12 heteroatoms. The molecule has 0 saturated heterocycles. The number of carbonyl (C=O) groups is 3. The molecule has 0 radical (unpaired) electrons. The van der Waals surface area contributed by atoms with E-state index in [0.29, 0.717) is 0 Å². The third kappa shape index (κ3) is 11.3. The molecule has 0 bridgehead atoms. The summed E-state index contributed by atoms with van der Waals surface area (Å²) >= 11 is 0. The van der Waals surface area contributed by atoms with E-state index in [1.165, 1.54) is 13.8 Å². The molecule has 12 nitrogen and oxygen atoms in total. The first kappa shape index (κ1) is 26.0. The van der Waals surface area contributed by atoms with Gasteiger partial charge >= 0.3 is 18.0 Å². The van der Waals surface area contributed by atoms with Crippen LogP contribution in [0.2, 0.25) is 0 Å². The Morgan fingerprint density at radius 1 is 1.10 bits per heavy atom. The average molecular weight is 436 g/mol. The first-order valence-electron chi connectivity index (χ1n) is 9.90. The van der Waals surface area contributed by atoms with Gasteiger partial charge in [-0.1, -0.05) is 19.3 Å². The smallest absolute Gasteiger partial charge is 0.410 e. The fourth-order valence-electron chi connectivity index (χ4n) is 3.35. The highest BCUT2D eigenvalue weighted by molar-refractivity contribution is 5.71. The predicted octanol–water partition coefficient (Wildman–Crippen LogP) is 1.83. The molecule has 1 saturated carbocycles. The van der Waals surface area contributed by atoms with Crippen LogP contribution in [-0.4, -0.2) is 71.1 Å². The summed E-state index contributed by atoms with van der Waals surface area (Å²) in [6.45, 7) is 3.11. The Balaban J connectivity index is 2.26. The minimum atomic E-state index is -1.13. The van der Waals surface area contributed by atoms with Gasteiger partial charge in [0, 0.05) is 13.5 Å². The second-order valence-electron chi connectivity index (χ2n) is 7.44. The zero-order valence-corrected chi connectivity index (χ0v) is 17.4. The first-order valence-corrected chi connectivity index (χ1v) is 9.90. The molecule has 0 aromatic heterocycles. The molecule has 2 atom stereocenters. The average Bonchev–Trinajstić information content (AvgIpc) is 2.63. The van der Waals surface area contributed by atoms with Crippen LogP contribution in [0.3, 0.4) is 0 Å². The standard InChI is InChI=1S/C18H32N2O10/c1-13(30-20(25)26)11-27-9-6-16(23)28-14(2)29-17(24)19-12-18(10-15(21)22)7-4-3-5-8-18/h13-14,25-26H,3-12H2,1-2H3,(H,19,24)(H,21,22)/t13-,14?/m1/s1. The number of carboxylic acid groups (broad SMARTS) is 1. The van der Waals surface area contributed by atoms with E-state index >= 15 is 0 Å². The molecule has 0 aliphatic heterocycles. The van der Waals surface area contributed by atoms with Gasteiger partial charge in [0.25, 0.3) is 0 Å². The number of ether oxygens (including phenoxy) is 3. The summed E-state index contributed by atoms with van der Waals surface area (Å²) in [5.74, 6) is -1.55. The van der Waals surface area contributed by atoms with Crippen molar-refractivity contribution >= 4 is 18.0 Å². The maximum atomic E-state index is 12.0. The molecule has 4 N–H and O–H groups in total. The number of hydrogen-bond acceptors (Lipinski definition) is 10. The van der Waals surface area contributed by atoms with Crippen LogP contribution in [0.15, 0.2) is 0 Å². The van der Waals surface area contributed by atoms with Crippen LogP contribution in [0.1, 0.15) is 58.8 Å². The normalized spacial score (nSPS) is 17.8. The molecule has 1 amide bonds. The first-order chi connectivity index (χ1) is 14.1. The topological polar surface area (TPSA) is 164 Å². The molecular weight excluding hydrogens is 404 g/mol. The summed E-state index contributed by atoms with van der Waals surface area (Å²) in [5.41, 5.74) is -0.482. The van der Waals surface area contributed by atoms with Gasteiger partial charge in [-0.2, -0.15) is 0 Å². The van der Waals surface area contributed by atoms with Gasteiger partial charge in [-0.25, -0.2) is 9.63 Å². The number of carbonyl (C=O) groups excluding carboxylic acids is 2. The van der Waals surface area contributed by atoms with Gasteiger partial charge < -0.3 is 24.6 Å². The lowest BCUT2D eigenvalue weighted by Gasteiger charge is -2.36. The molecule has 1 rings (SSSR count). The maximum absolute atomic E-state index is 12.0. The second-order valence-corrected chi connectivity index (χ2v) is 7.44. The summed E-state index contributed by atoms with van der Waals surface area (Å²) in [6, 6.07) is 0. The van der Waals surface area contributed by atoms with E-state index in [2.05, 4.69) is 10.2 Å². The van der Waals surface area contributed by atoms with E-state index in [9.17, 15) is 14.4 Å². The lowest BCUT2D eigenvalue weighted by Crippen LogP contribution is -2.41. The number of carboxylic acids is 1. The Hall–Kier alpha value is -1.99.